The molecule has 0 fully saturated rings. The van der Waals surface area contributed by atoms with Gasteiger partial charge in [0.1, 0.15) is 0 Å². The van der Waals surface area contributed by atoms with Crippen LogP contribution in [-0.4, -0.2) is 28.6 Å². The molecule has 104 valence electrons. The number of aromatic nitrogens is 2. The molecule has 0 bridgehead atoms. The number of nitrogens with one attached hydrogen (secondary N) is 1. The molecule has 0 spiro atoms. The van der Waals surface area contributed by atoms with Gasteiger partial charge in [-0.2, -0.15) is 0 Å². The maximum atomic E-state index is 5.33. The van der Waals surface area contributed by atoms with Crippen molar-refractivity contribution in [1.29, 1.82) is 0 Å². The molecule has 6 heteroatoms. The second-order valence-electron chi connectivity index (χ2n) is 4.60. The third-order valence-corrected chi connectivity index (χ3v) is 3.51. The second kappa shape index (κ2) is 6.79. The van der Waals surface area contributed by atoms with E-state index in [1.165, 1.54) is 0 Å². The van der Waals surface area contributed by atoms with Crippen LogP contribution < -0.4 is 5.32 Å². The fourth-order valence-electron chi connectivity index (χ4n) is 1.85. The molecule has 1 N–H and O–H groups in total. The van der Waals surface area contributed by atoms with Crippen LogP contribution in [0.4, 0.5) is 0 Å². The highest BCUT2D eigenvalue weighted by Gasteiger charge is 2.09. The Kier molecular flexibility index (Phi) is 5.07. The van der Waals surface area contributed by atoms with Gasteiger partial charge < -0.3 is 9.84 Å². The monoisotopic (exact) mass is 280 g/mol. The largest absolute Gasteiger partial charge is 0.360 e. The maximum absolute atomic E-state index is 5.33. The van der Waals surface area contributed by atoms with Crippen LogP contribution in [0.5, 0.6) is 0 Å². The summed E-state index contributed by atoms with van der Waals surface area (Å²) in [7, 11) is 2.06. The van der Waals surface area contributed by atoms with Crippen LogP contribution in [0.15, 0.2) is 16.0 Å². The first-order chi connectivity index (χ1) is 9.17. The molecule has 2 heterocycles. The third-order valence-electron chi connectivity index (χ3n) is 2.69. The number of hydrogen-bond acceptors (Lipinski definition) is 6. The molecule has 0 saturated heterocycles. The Morgan fingerprint density at radius 3 is 2.89 bits per heavy atom. The average molecular weight is 280 g/mol. The number of rotatable bonds is 7. The van der Waals surface area contributed by atoms with Gasteiger partial charge in [-0.1, -0.05) is 12.1 Å². The predicted octanol–water partition coefficient (Wildman–Crippen LogP) is 2.18. The Bertz CT molecular complexity index is 508. The van der Waals surface area contributed by atoms with E-state index in [4.69, 9.17) is 4.52 Å². The van der Waals surface area contributed by atoms with E-state index in [1.807, 2.05) is 13.0 Å². The molecule has 2 rings (SSSR count). The summed E-state index contributed by atoms with van der Waals surface area (Å²) in [6, 6.07) is 2.01. The molecule has 0 aliphatic carbocycles. The van der Waals surface area contributed by atoms with E-state index in [0.29, 0.717) is 0 Å². The molecule has 2 aromatic heterocycles. The van der Waals surface area contributed by atoms with Gasteiger partial charge in [0.15, 0.2) is 5.76 Å². The van der Waals surface area contributed by atoms with E-state index in [-0.39, 0.29) is 0 Å². The molecule has 0 amide bonds. The molecule has 0 aliphatic heterocycles. The highest BCUT2D eigenvalue weighted by atomic mass is 32.1. The van der Waals surface area contributed by atoms with Crippen molar-refractivity contribution in [2.45, 2.75) is 33.5 Å². The van der Waals surface area contributed by atoms with E-state index in [1.54, 1.807) is 11.3 Å². The lowest BCUT2D eigenvalue weighted by atomic mass is 10.3. The Morgan fingerprint density at radius 2 is 2.21 bits per heavy atom. The zero-order valence-corrected chi connectivity index (χ0v) is 12.5. The topological polar surface area (TPSA) is 54.2 Å². The Hall–Kier alpha value is -1.24. The molecule has 0 aliphatic rings. The Labute approximate surface area is 117 Å². The van der Waals surface area contributed by atoms with Crippen LogP contribution in [-0.2, 0) is 19.6 Å². The quantitative estimate of drug-likeness (QED) is 0.842. The second-order valence-corrected chi connectivity index (χ2v) is 5.66. The standard InChI is InChI=1S/C13H20N4OS/c1-4-14-6-11-5-13(18-16-11)8-17(3)7-12-9-19-10(2)15-12/h5,9,14H,4,6-8H2,1-3H3. The summed E-state index contributed by atoms with van der Waals surface area (Å²) >= 11 is 1.68. The zero-order valence-electron chi connectivity index (χ0n) is 11.6. The van der Waals surface area contributed by atoms with Crippen molar-refractivity contribution >= 4 is 11.3 Å². The van der Waals surface area contributed by atoms with E-state index < -0.39 is 0 Å². The molecule has 0 unspecified atom stereocenters. The lowest BCUT2D eigenvalue weighted by Crippen LogP contribution is -2.17. The smallest absolute Gasteiger partial charge is 0.151 e. The number of aryl methyl sites for hydroxylation is 1. The zero-order chi connectivity index (χ0) is 13.7. The first-order valence-electron chi connectivity index (χ1n) is 6.42. The summed E-state index contributed by atoms with van der Waals surface area (Å²) in [5.74, 6) is 0.891. The molecule has 0 aromatic carbocycles. The number of thiazole rings is 1. The van der Waals surface area contributed by atoms with Crippen molar-refractivity contribution in [2.75, 3.05) is 13.6 Å². The first kappa shape index (κ1) is 14.2. The summed E-state index contributed by atoms with van der Waals surface area (Å²) in [4.78, 5) is 6.63. The van der Waals surface area contributed by atoms with Gasteiger partial charge in [0.05, 0.1) is 22.9 Å². The van der Waals surface area contributed by atoms with Crippen molar-refractivity contribution in [3.05, 3.63) is 33.6 Å². The molecule has 2 aromatic rings. The van der Waals surface area contributed by atoms with Crippen LogP contribution in [0.3, 0.4) is 0 Å². The fraction of sp³-hybridized carbons (Fsp3) is 0.538. The van der Waals surface area contributed by atoms with E-state index in [2.05, 4.69) is 39.7 Å². The van der Waals surface area contributed by atoms with Gasteiger partial charge in [0, 0.05) is 24.5 Å². The van der Waals surface area contributed by atoms with Crippen LogP contribution in [0.25, 0.3) is 0 Å². The number of hydrogen-bond donors (Lipinski definition) is 1. The Balaban J connectivity index is 1.84. The molecular weight excluding hydrogens is 260 g/mol. The predicted molar refractivity (Wildman–Crippen MR) is 75.9 cm³/mol. The van der Waals surface area contributed by atoms with Crippen molar-refractivity contribution in [3.63, 3.8) is 0 Å². The summed E-state index contributed by atoms with van der Waals surface area (Å²) < 4.78 is 5.33. The average Bonchev–Trinajstić information content (AvgIpc) is 2.96. The van der Waals surface area contributed by atoms with Gasteiger partial charge in [0.25, 0.3) is 0 Å². The van der Waals surface area contributed by atoms with Gasteiger partial charge in [0.2, 0.25) is 0 Å². The molecular formula is C13H20N4OS. The van der Waals surface area contributed by atoms with Crippen LogP contribution in [0.2, 0.25) is 0 Å². The van der Waals surface area contributed by atoms with Crippen LogP contribution in [0, 0.1) is 6.92 Å². The van der Waals surface area contributed by atoms with E-state index in [9.17, 15) is 0 Å². The number of nitrogens with zero attached hydrogens (tertiary/aromatic N) is 3. The van der Waals surface area contributed by atoms with Gasteiger partial charge in [-0.25, -0.2) is 4.98 Å². The normalized spacial score (nSPS) is 11.4. The highest BCUT2D eigenvalue weighted by Crippen LogP contribution is 2.12. The summed E-state index contributed by atoms with van der Waals surface area (Å²) in [6.45, 7) is 7.37. The van der Waals surface area contributed by atoms with Gasteiger partial charge >= 0.3 is 0 Å². The SMILES string of the molecule is CCNCc1cc(CN(C)Cc2csc(C)n2)on1. The molecule has 0 radical (unpaired) electrons. The van der Waals surface area contributed by atoms with Crippen molar-refractivity contribution in [2.24, 2.45) is 0 Å². The maximum Gasteiger partial charge on any atom is 0.151 e. The molecule has 0 saturated carbocycles. The minimum Gasteiger partial charge on any atom is -0.360 e. The summed E-state index contributed by atoms with van der Waals surface area (Å²) in [5, 5.41) is 10.5. The van der Waals surface area contributed by atoms with Gasteiger partial charge in [-0.15, -0.1) is 11.3 Å². The van der Waals surface area contributed by atoms with Crippen molar-refractivity contribution in [1.82, 2.24) is 20.4 Å². The van der Waals surface area contributed by atoms with Crippen molar-refractivity contribution < 1.29 is 4.52 Å². The fourth-order valence-corrected chi connectivity index (χ4v) is 2.45. The molecule has 19 heavy (non-hydrogen) atoms. The highest BCUT2D eigenvalue weighted by molar-refractivity contribution is 7.09. The third kappa shape index (κ3) is 4.41. The lowest BCUT2D eigenvalue weighted by molar-refractivity contribution is 0.263. The Morgan fingerprint density at radius 1 is 1.37 bits per heavy atom. The summed E-state index contributed by atoms with van der Waals surface area (Å²) in [6.07, 6.45) is 0. The van der Waals surface area contributed by atoms with Crippen LogP contribution >= 0.6 is 11.3 Å². The molecule has 0 atom stereocenters. The van der Waals surface area contributed by atoms with Crippen LogP contribution in [0.1, 0.15) is 29.1 Å². The summed E-state index contributed by atoms with van der Waals surface area (Å²) in [5.41, 5.74) is 2.06. The van der Waals surface area contributed by atoms with Crippen molar-refractivity contribution in [3.8, 4) is 0 Å². The van der Waals surface area contributed by atoms with E-state index >= 15 is 0 Å². The minimum absolute atomic E-state index is 0.746. The minimum atomic E-state index is 0.746. The first-order valence-corrected chi connectivity index (χ1v) is 7.30. The lowest BCUT2D eigenvalue weighted by Gasteiger charge is -2.12. The van der Waals surface area contributed by atoms with Gasteiger partial charge in [-0.3, -0.25) is 4.90 Å². The van der Waals surface area contributed by atoms with E-state index in [0.717, 1.165) is 48.3 Å². The van der Waals surface area contributed by atoms with Gasteiger partial charge in [-0.05, 0) is 20.5 Å². The molecule has 5 nitrogen and oxygen atoms in total.